The maximum absolute atomic E-state index is 12.3. The lowest BCUT2D eigenvalue weighted by Gasteiger charge is -2.29. The average Bonchev–Trinajstić information content (AvgIpc) is 2.83. The molecule has 1 rings (SSSR count). The minimum absolute atomic E-state index is 0.000932. The van der Waals surface area contributed by atoms with Gasteiger partial charge in [-0.3, -0.25) is 4.79 Å². The van der Waals surface area contributed by atoms with Crippen molar-refractivity contribution >= 4 is 5.97 Å². The van der Waals surface area contributed by atoms with Gasteiger partial charge in [0.05, 0.1) is 24.2 Å². The van der Waals surface area contributed by atoms with E-state index in [1.807, 2.05) is 6.92 Å². The molecule has 4 atom stereocenters. The number of hydrogen-bond acceptors (Lipinski definition) is 5. The third kappa shape index (κ3) is 3.57. The van der Waals surface area contributed by atoms with Crippen LogP contribution in [-0.4, -0.2) is 30.8 Å². The average molecular weight is 285 g/mol. The third-order valence-corrected chi connectivity index (χ3v) is 4.49. The summed E-state index contributed by atoms with van der Waals surface area (Å²) >= 11 is 0. The van der Waals surface area contributed by atoms with E-state index in [-0.39, 0.29) is 18.2 Å². The van der Waals surface area contributed by atoms with Crippen molar-refractivity contribution in [3.63, 3.8) is 0 Å². The lowest BCUT2D eigenvalue weighted by Crippen LogP contribution is -2.40. The Morgan fingerprint density at radius 1 is 1.35 bits per heavy atom. The van der Waals surface area contributed by atoms with Crippen molar-refractivity contribution in [2.24, 2.45) is 16.5 Å². The lowest BCUT2D eigenvalue weighted by molar-refractivity contribution is -0.157. The Morgan fingerprint density at radius 2 is 2.00 bits per heavy atom. The monoisotopic (exact) mass is 285 g/mol. The number of nitrogens with zero attached hydrogens (tertiary/aromatic N) is 1. The van der Waals surface area contributed by atoms with E-state index in [0.29, 0.717) is 25.4 Å². The van der Waals surface area contributed by atoms with Crippen LogP contribution in [0.3, 0.4) is 0 Å². The Hall–Kier alpha value is -0.970. The van der Waals surface area contributed by atoms with Crippen LogP contribution in [-0.2, 0) is 14.3 Å². The van der Waals surface area contributed by atoms with Crippen LogP contribution in [0.5, 0.6) is 0 Å². The van der Waals surface area contributed by atoms with Crippen LogP contribution in [0.25, 0.3) is 0 Å². The van der Waals surface area contributed by atoms with E-state index < -0.39 is 11.5 Å². The Bertz CT molecular complexity index is 345. The van der Waals surface area contributed by atoms with E-state index in [4.69, 9.17) is 9.47 Å². The van der Waals surface area contributed by atoms with Gasteiger partial charge >= 0.3 is 5.97 Å². The molecule has 0 spiro atoms. The zero-order valence-electron chi connectivity index (χ0n) is 13.2. The Morgan fingerprint density at radius 3 is 2.50 bits per heavy atom. The lowest BCUT2D eigenvalue weighted by atomic mass is 9.79. The van der Waals surface area contributed by atoms with Crippen molar-refractivity contribution in [3.05, 3.63) is 4.91 Å². The minimum atomic E-state index is -0.806. The van der Waals surface area contributed by atoms with Crippen LogP contribution >= 0.6 is 0 Å². The standard InChI is InChI=1S/C15H27NO4/c1-6-19-14(17)15(12(5)16-18)8-7-13(9-15)20-11(4)10(2)3/h10-13H,6-9H2,1-5H3/t11-,12?,13?,15?/m1/s1. The second kappa shape index (κ2) is 7.16. The van der Waals surface area contributed by atoms with Gasteiger partial charge in [0.1, 0.15) is 6.04 Å². The van der Waals surface area contributed by atoms with Crippen LogP contribution in [0.15, 0.2) is 5.18 Å². The highest BCUT2D eigenvalue weighted by molar-refractivity contribution is 5.78. The summed E-state index contributed by atoms with van der Waals surface area (Å²) < 4.78 is 11.2. The highest BCUT2D eigenvalue weighted by Gasteiger charge is 2.52. The summed E-state index contributed by atoms with van der Waals surface area (Å²) in [7, 11) is 0. The molecule has 5 heteroatoms. The second-order valence-corrected chi connectivity index (χ2v) is 6.11. The van der Waals surface area contributed by atoms with Gasteiger partial charge in [-0.1, -0.05) is 19.0 Å². The normalized spacial score (nSPS) is 29.2. The van der Waals surface area contributed by atoms with Crippen molar-refractivity contribution in [3.8, 4) is 0 Å². The summed E-state index contributed by atoms with van der Waals surface area (Å²) in [6.45, 7) is 10.0. The van der Waals surface area contributed by atoms with Crippen LogP contribution in [0.4, 0.5) is 0 Å². The first-order chi connectivity index (χ1) is 9.37. The Kier molecular flexibility index (Phi) is 6.11. The molecule has 1 fully saturated rings. The summed E-state index contributed by atoms with van der Waals surface area (Å²) in [5, 5.41) is 3.09. The summed E-state index contributed by atoms with van der Waals surface area (Å²) in [6, 6.07) is -0.579. The second-order valence-electron chi connectivity index (χ2n) is 6.11. The fraction of sp³-hybridized carbons (Fsp3) is 0.933. The maximum atomic E-state index is 12.3. The van der Waals surface area contributed by atoms with E-state index in [9.17, 15) is 9.70 Å². The number of carbonyl (C=O) groups excluding carboxylic acids is 1. The van der Waals surface area contributed by atoms with Crippen molar-refractivity contribution in [1.29, 1.82) is 0 Å². The quantitative estimate of drug-likeness (QED) is 0.531. The van der Waals surface area contributed by atoms with Gasteiger partial charge in [0.2, 0.25) is 0 Å². The van der Waals surface area contributed by atoms with Crippen molar-refractivity contribution < 1.29 is 14.3 Å². The molecule has 1 saturated carbocycles. The first-order valence-electron chi connectivity index (χ1n) is 7.52. The SMILES string of the molecule is CCOC(=O)C1(C(C)N=O)CCC(O[C@H](C)C(C)C)C1. The topological polar surface area (TPSA) is 65.0 Å². The molecule has 20 heavy (non-hydrogen) atoms. The molecule has 5 nitrogen and oxygen atoms in total. The molecule has 0 aliphatic heterocycles. The van der Waals surface area contributed by atoms with Gasteiger partial charge in [-0.05, 0) is 46.0 Å². The third-order valence-electron chi connectivity index (χ3n) is 4.49. The maximum Gasteiger partial charge on any atom is 0.314 e. The summed E-state index contributed by atoms with van der Waals surface area (Å²) in [5.74, 6) is 0.115. The van der Waals surface area contributed by atoms with Crippen LogP contribution < -0.4 is 0 Å². The first-order valence-corrected chi connectivity index (χ1v) is 7.52. The fourth-order valence-electron chi connectivity index (χ4n) is 2.72. The first kappa shape index (κ1) is 17.1. The van der Waals surface area contributed by atoms with Gasteiger partial charge in [-0.15, -0.1) is 0 Å². The number of carbonyl (C=O) groups is 1. The van der Waals surface area contributed by atoms with Crippen LogP contribution in [0.2, 0.25) is 0 Å². The molecule has 0 N–H and O–H groups in total. The summed E-state index contributed by atoms with van der Waals surface area (Å²) in [5.41, 5.74) is -0.806. The summed E-state index contributed by atoms with van der Waals surface area (Å²) in [6.07, 6.45) is 2.04. The molecule has 0 aromatic heterocycles. The highest BCUT2D eigenvalue weighted by Crippen LogP contribution is 2.45. The molecule has 0 saturated heterocycles. The van der Waals surface area contributed by atoms with Gasteiger partial charge in [0.15, 0.2) is 0 Å². The molecule has 0 bridgehead atoms. The number of rotatable bonds is 7. The zero-order valence-corrected chi connectivity index (χ0v) is 13.2. The molecule has 116 valence electrons. The van der Waals surface area contributed by atoms with Crippen molar-refractivity contribution in [1.82, 2.24) is 0 Å². The minimum Gasteiger partial charge on any atom is -0.466 e. The molecule has 1 aliphatic rings. The molecule has 3 unspecified atom stereocenters. The van der Waals surface area contributed by atoms with E-state index >= 15 is 0 Å². The van der Waals surface area contributed by atoms with Gasteiger partial charge in [-0.25, -0.2) is 0 Å². The molecular weight excluding hydrogens is 258 g/mol. The number of hydrogen-bond donors (Lipinski definition) is 0. The molecule has 0 aromatic carbocycles. The smallest absolute Gasteiger partial charge is 0.314 e. The number of esters is 1. The van der Waals surface area contributed by atoms with Crippen molar-refractivity contribution in [2.45, 2.75) is 72.1 Å². The van der Waals surface area contributed by atoms with Crippen LogP contribution in [0.1, 0.15) is 53.9 Å². The van der Waals surface area contributed by atoms with Crippen molar-refractivity contribution in [2.75, 3.05) is 6.61 Å². The number of ether oxygens (including phenoxy) is 2. The predicted octanol–water partition coefficient (Wildman–Crippen LogP) is 3.30. The van der Waals surface area contributed by atoms with Gasteiger partial charge in [-0.2, -0.15) is 4.91 Å². The Labute approximate surface area is 121 Å². The molecule has 0 radical (unpaired) electrons. The summed E-state index contributed by atoms with van der Waals surface area (Å²) in [4.78, 5) is 23.2. The molecule has 0 heterocycles. The zero-order chi connectivity index (χ0) is 15.3. The van der Waals surface area contributed by atoms with E-state index in [1.165, 1.54) is 0 Å². The molecule has 0 aromatic rings. The Balaban J connectivity index is 2.79. The van der Waals surface area contributed by atoms with Gasteiger partial charge in [0.25, 0.3) is 0 Å². The highest BCUT2D eigenvalue weighted by atomic mass is 16.5. The molecular formula is C15H27NO4. The van der Waals surface area contributed by atoms with Crippen LogP contribution in [0, 0.1) is 16.2 Å². The molecule has 1 aliphatic carbocycles. The van der Waals surface area contributed by atoms with Gasteiger partial charge < -0.3 is 9.47 Å². The van der Waals surface area contributed by atoms with E-state index in [2.05, 4.69) is 19.0 Å². The van der Waals surface area contributed by atoms with Gasteiger partial charge in [0, 0.05) is 0 Å². The van der Waals surface area contributed by atoms with E-state index in [1.54, 1.807) is 13.8 Å². The molecule has 0 amide bonds. The largest absolute Gasteiger partial charge is 0.466 e. The predicted molar refractivity (Wildman–Crippen MR) is 77.3 cm³/mol. The number of nitroso groups, excluding NO2 is 1. The van der Waals surface area contributed by atoms with E-state index in [0.717, 1.165) is 6.42 Å². The fourth-order valence-corrected chi connectivity index (χ4v) is 2.72.